The van der Waals surface area contributed by atoms with Crippen molar-refractivity contribution in [2.75, 3.05) is 17.7 Å². The smallest absolute Gasteiger partial charge is 0.339 e. The molecule has 3 rings (SSSR count). The van der Waals surface area contributed by atoms with Gasteiger partial charge in [-0.25, -0.2) is 14.8 Å². The summed E-state index contributed by atoms with van der Waals surface area (Å²) in [5, 5.41) is 7.02. The molecule has 26 heavy (non-hydrogen) atoms. The number of ether oxygens (including phenoxy) is 1. The minimum Gasteiger partial charge on any atom is -0.465 e. The Morgan fingerprint density at radius 1 is 1.00 bits per heavy atom. The molecule has 132 valence electrons. The van der Waals surface area contributed by atoms with E-state index in [1.165, 1.54) is 7.11 Å². The van der Waals surface area contributed by atoms with Gasteiger partial charge in [-0.15, -0.1) is 0 Å². The second-order valence-corrected chi connectivity index (χ2v) is 5.92. The third-order valence-corrected chi connectivity index (χ3v) is 3.80. The zero-order chi connectivity index (χ0) is 18.5. The minimum absolute atomic E-state index is 0.418. The number of carbonyl (C=O) groups is 1. The molecule has 0 unspecified atom stereocenters. The van der Waals surface area contributed by atoms with Gasteiger partial charge in [-0.3, -0.25) is 0 Å². The summed E-state index contributed by atoms with van der Waals surface area (Å²) in [5.74, 6) is 1.35. The minimum atomic E-state index is -0.418. The van der Waals surface area contributed by atoms with Crippen molar-refractivity contribution in [3.8, 4) is 0 Å². The highest BCUT2D eigenvalue weighted by Gasteiger charge is 2.12. The Morgan fingerprint density at radius 2 is 1.65 bits per heavy atom. The molecular formula is C19H17ClN4O2. The number of hydrogen-bond acceptors (Lipinski definition) is 6. The van der Waals surface area contributed by atoms with Crippen LogP contribution >= 0.6 is 11.6 Å². The molecule has 0 spiro atoms. The Balaban J connectivity index is 1.87. The molecule has 0 aliphatic heterocycles. The molecule has 3 aromatic rings. The number of aryl methyl sites for hydroxylation is 1. The van der Waals surface area contributed by atoms with Crippen LogP contribution in [-0.2, 0) is 4.74 Å². The number of benzene rings is 2. The molecule has 0 aliphatic rings. The van der Waals surface area contributed by atoms with Gasteiger partial charge in [0, 0.05) is 16.8 Å². The molecule has 0 fully saturated rings. The Kier molecular flexibility index (Phi) is 5.34. The Labute approximate surface area is 156 Å². The average molecular weight is 369 g/mol. The number of halogens is 1. The van der Waals surface area contributed by atoms with E-state index in [0.29, 0.717) is 33.7 Å². The standard InChI is InChI=1S/C19H17ClN4O2/c1-12-21-17(23-14-9-7-13(20)8-10-14)11-18(22-12)24-16-6-4-3-5-15(16)19(25)26-2/h3-11H,1-2H3,(H2,21,22,23,24). The van der Waals surface area contributed by atoms with Crippen LogP contribution < -0.4 is 10.6 Å². The van der Waals surface area contributed by atoms with E-state index in [-0.39, 0.29) is 0 Å². The van der Waals surface area contributed by atoms with Crippen molar-refractivity contribution >= 4 is 40.6 Å². The van der Waals surface area contributed by atoms with Crippen molar-refractivity contribution in [1.29, 1.82) is 0 Å². The number of para-hydroxylation sites is 1. The predicted molar refractivity (Wildman–Crippen MR) is 103 cm³/mol. The van der Waals surface area contributed by atoms with Crippen molar-refractivity contribution in [2.45, 2.75) is 6.92 Å². The second kappa shape index (κ2) is 7.84. The zero-order valence-electron chi connectivity index (χ0n) is 14.3. The number of carbonyl (C=O) groups excluding carboxylic acids is 1. The molecular weight excluding hydrogens is 352 g/mol. The second-order valence-electron chi connectivity index (χ2n) is 5.48. The number of anilines is 4. The van der Waals surface area contributed by atoms with Crippen LogP contribution in [0.25, 0.3) is 0 Å². The molecule has 1 heterocycles. The number of methoxy groups -OCH3 is 1. The van der Waals surface area contributed by atoms with Gasteiger partial charge in [-0.05, 0) is 43.3 Å². The van der Waals surface area contributed by atoms with E-state index in [4.69, 9.17) is 16.3 Å². The number of rotatable bonds is 5. The van der Waals surface area contributed by atoms with Gasteiger partial charge in [-0.2, -0.15) is 0 Å². The molecule has 2 N–H and O–H groups in total. The molecule has 0 aliphatic carbocycles. The third-order valence-electron chi connectivity index (χ3n) is 3.55. The summed E-state index contributed by atoms with van der Waals surface area (Å²) in [6.45, 7) is 1.80. The van der Waals surface area contributed by atoms with Crippen LogP contribution in [0.3, 0.4) is 0 Å². The molecule has 6 nitrogen and oxygen atoms in total. The maximum absolute atomic E-state index is 11.9. The van der Waals surface area contributed by atoms with Gasteiger partial charge in [0.15, 0.2) is 0 Å². The molecule has 0 amide bonds. The van der Waals surface area contributed by atoms with Crippen molar-refractivity contribution in [3.63, 3.8) is 0 Å². The third kappa shape index (κ3) is 4.29. The summed E-state index contributed by atoms with van der Waals surface area (Å²) in [4.78, 5) is 20.7. The molecule has 0 saturated heterocycles. The monoisotopic (exact) mass is 368 g/mol. The predicted octanol–water partition coefficient (Wildman–Crippen LogP) is 4.71. The van der Waals surface area contributed by atoms with Gasteiger partial charge < -0.3 is 15.4 Å². The Morgan fingerprint density at radius 3 is 2.35 bits per heavy atom. The van der Waals surface area contributed by atoms with Gasteiger partial charge >= 0.3 is 5.97 Å². The zero-order valence-corrected chi connectivity index (χ0v) is 15.0. The number of hydrogen-bond donors (Lipinski definition) is 2. The van der Waals surface area contributed by atoms with Gasteiger partial charge in [0.2, 0.25) is 0 Å². The van der Waals surface area contributed by atoms with Crippen molar-refractivity contribution in [2.24, 2.45) is 0 Å². The van der Waals surface area contributed by atoms with E-state index in [9.17, 15) is 4.79 Å². The summed E-state index contributed by atoms with van der Waals surface area (Å²) in [5.41, 5.74) is 1.89. The highest BCUT2D eigenvalue weighted by molar-refractivity contribution is 6.30. The van der Waals surface area contributed by atoms with Crippen molar-refractivity contribution in [1.82, 2.24) is 9.97 Å². The van der Waals surface area contributed by atoms with E-state index in [0.717, 1.165) is 5.69 Å². The lowest BCUT2D eigenvalue weighted by Gasteiger charge is -2.12. The van der Waals surface area contributed by atoms with Crippen LogP contribution in [-0.4, -0.2) is 23.0 Å². The summed E-state index contributed by atoms with van der Waals surface area (Å²) in [6.07, 6.45) is 0. The van der Waals surface area contributed by atoms with Crippen molar-refractivity contribution < 1.29 is 9.53 Å². The first-order valence-electron chi connectivity index (χ1n) is 7.88. The topological polar surface area (TPSA) is 76.1 Å². The normalized spacial score (nSPS) is 10.3. The first-order valence-corrected chi connectivity index (χ1v) is 8.25. The summed E-state index contributed by atoms with van der Waals surface area (Å²) < 4.78 is 4.82. The lowest BCUT2D eigenvalue weighted by Crippen LogP contribution is -2.07. The van der Waals surface area contributed by atoms with Gasteiger partial charge in [0.05, 0.1) is 18.4 Å². The summed E-state index contributed by atoms with van der Waals surface area (Å²) in [6, 6.07) is 16.2. The largest absolute Gasteiger partial charge is 0.465 e. The fourth-order valence-corrected chi connectivity index (χ4v) is 2.52. The molecule has 0 bridgehead atoms. The quantitative estimate of drug-likeness (QED) is 0.635. The van der Waals surface area contributed by atoms with Gasteiger partial charge in [0.1, 0.15) is 17.5 Å². The van der Waals surface area contributed by atoms with Crippen molar-refractivity contribution in [3.05, 3.63) is 71.0 Å². The van der Waals surface area contributed by atoms with Crippen LogP contribution in [0, 0.1) is 6.92 Å². The van der Waals surface area contributed by atoms with Crippen LogP contribution in [0.2, 0.25) is 5.02 Å². The van der Waals surface area contributed by atoms with Crippen LogP contribution in [0.4, 0.5) is 23.0 Å². The van der Waals surface area contributed by atoms with E-state index in [1.807, 2.05) is 18.2 Å². The summed E-state index contributed by atoms with van der Waals surface area (Å²) >= 11 is 5.91. The number of aromatic nitrogens is 2. The SMILES string of the molecule is COC(=O)c1ccccc1Nc1cc(Nc2ccc(Cl)cc2)nc(C)n1. The maximum atomic E-state index is 11.9. The van der Waals surface area contributed by atoms with Crippen LogP contribution in [0.5, 0.6) is 0 Å². The molecule has 2 aromatic carbocycles. The number of esters is 1. The number of nitrogens with zero attached hydrogens (tertiary/aromatic N) is 2. The molecule has 0 saturated carbocycles. The molecule has 0 atom stereocenters. The lowest BCUT2D eigenvalue weighted by atomic mass is 10.2. The lowest BCUT2D eigenvalue weighted by molar-refractivity contribution is 0.0602. The van der Waals surface area contributed by atoms with E-state index >= 15 is 0 Å². The van der Waals surface area contributed by atoms with Crippen LogP contribution in [0.1, 0.15) is 16.2 Å². The average Bonchev–Trinajstić information content (AvgIpc) is 2.63. The molecule has 1 aromatic heterocycles. The van der Waals surface area contributed by atoms with Gasteiger partial charge in [-0.1, -0.05) is 23.7 Å². The molecule has 7 heteroatoms. The highest BCUT2D eigenvalue weighted by atomic mass is 35.5. The fourth-order valence-electron chi connectivity index (χ4n) is 2.39. The first kappa shape index (κ1) is 17.7. The summed E-state index contributed by atoms with van der Waals surface area (Å²) in [7, 11) is 1.35. The fraction of sp³-hybridized carbons (Fsp3) is 0.105. The van der Waals surface area contributed by atoms with E-state index in [1.54, 1.807) is 43.3 Å². The van der Waals surface area contributed by atoms with Crippen LogP contribution in [0.15, 0.2) is 54.6 Å². The molecule has 0 radical (unpaired) electrons. The Bertz CT molecular complexity index is 929. The Hall–Kier alpha value is -3.12. The van der Waals surface area contributed by atoms with E-state index in [2.05, 4.69) is 20.6 Å². The maximum Gasteiger partial charge on any atom is 0.339 e. The van der Waals surface area contributed by atoms with E-state index < -0.39 is 5.97 Å². The van der Waals surface area contributed by atoms with Gasteiger partial charge in [0.25, 0.3) is 0 Å². The first-order chi connectivity index (χ1) is 12.5. The number of nitrogens with one attached hydrogen (secondary N) is 2. The highest BCUT2D eigenvalue weighted by Crippen LogP contribution is 2.24.